The Labute approximate surface area is 552 Å². The topological polar surface area (TPSA) is 229 Å². The first-order valence-corrected chi connectivity index (χ1v) is 35.2. The summed E-state index contributed by atoms with van der Waals surface area (Å²) in [6.07, 6.45) is 25.1. The Balaban J connectivity index is 0.914. The summed E-state index contributed by atoms with van der Waals surface area (Å²) in [4.78, 5) is 34.0. The molecule has 9 aliphatic rings. The molecule has 0 aromatic heterocycles. The number of hydrogen-bond donors (Lipinski definition) is 10. The number of phenolic OH excluding ortho intramolecular Hbond substituents is 1. The molecule has 1 spiro atoms. The van der Waals surface area contributed by atoms with Gasteiger partial charge in [0.25, 0.3) is 0 Å². The highest BCUT2D eigenvalue weighted by molar-refractivity contribution is 6.08. The molecule has 5 fully saturated rings. The number of carbonyl (C=O) groups is 2. The van der Waals surface area contributed by atoms with Gasteiger partial charge in [-0.05, 0) is 261 Å². The maximum atomic E-state index is 14.8. The van der Waals surface area contributed by atoms with Crippen molar-refractivity contribution in [2.75, 3.05) is 46.4 Å². The number of hydrogen-bond acceptors (Lipinski definition) is 14. The number of phenols is 1. The van der Waals surface area contributed by atoms with Crippen molar-refractivity contribution >= 4 is 23.1 Å². The van der Waals surface area contributed by atoms with E-state index < -0.39 is 18.9 Å². The number of dihydropyridines is 1. The molecule has 4 aromatic rings. The fourth-order valence-electron chi connectivity index (χ4n) is 19.4. The third kappa shape index (κ3) is 15.6. The van der Waals surface area contributed by atoms with Crippen molar-refractivity contribution in [3.05, 3.63) is 172 Å². The summed E-state index contributed by atoms with van der Waals surface area (Å²) in [5.74, 6) is 6.70. The minimum absolute atomic E-state index is 0.0180. The summed E-state index contributed by atoms with van der Waals surface area (Å²) in [7, 11) is 1.48. The third-order valence-corrected chi connectivity index (χ3v) is 23.4. The van der Waals surface area contributed by atoms with E-state index >= 15 is 0 Å². The third-order valence-electron chi connectivity index (χ3n) is 23.4. The number of nitrogens with two attached hydrogens (primary N) is 2. The molecular formula is C79H102N8O6. The van der Waals surface area contributed by atoms with Crippen molar-refractivity contribution in [3.63, 3.8) is 0 Å². The molecule has 4 aliphatic carbocycles. The molecule has 494 valence electrons. The zero-order valence-electron chi connectivity index (χ0n) is 55.0. The first-order chi connectivity index (χ1) is 45.2. The fraction of sp³-hybridized carbons (Fsp3) is 0.532. The minimum atomic E-state index is -0.500. The van der Waals surface area contributed by atoms with Crippen LogP contribution in [0, 0.1) is 76.1 Å². The maximum absolute atomic E-state index is 14.8. The van der Waals surface area contributed by atoms with Crippen LogP contribution in [0.1, 0.15) is 130 Å². The van der Waals surface area contributed by atoms with Gasteiger partial charge in [-0.1, -0.05) is 103 Å². The van der Waals surface area contributed by atoms with E-state index in [-0.39, 0.29) is 58.2 Å². The number of aliphatic hydroxyl groups excluding tert-OH is 2. The Morgan fingerprint density at radius 3 is 2.46 bits per heavy atom. The van der Waals surface area contributed by atoms with Gasteiger partial charge in [-0.25, -0.2) is 0 Å². The summed E-state index contributed by atoms with van der Waals surface area (Å²) in [5, 5.41) is 52.8. The number of nitrogens with zero attached hydrogens (tertiary/aromatic N) is 1. The van der Waals surface area contributed by atoms with Gasteiger partial charge in [0.2, 0.25) is 5.96 Å². The smallest absolute Gasteiger partial charge is 0.202 e. The molecule has 14 heteroatoms. The molecule has 5 aliphatic heterocycles. The number of benzene rings is 4. The SMILES string of the molecule is COc1cc2c(cc1O)CC1=CNC(N)C=C1[C@H](Cc1cccc(CCc3ccccc3)c1)CC#CN=C(N)NC[C@@H](CCc1ccccc1)[C@@H]1CC[C@]3(C1)[C@@H](NC[C@H](C)O)C[C@@]1(C[C@@H]4[C@H]5CCNC[C@H]5C[C@@H]5C=CCN[C@@H]45)C[C@H](CC[C@H]13)CC(=O)CC(=O)/C=C/2CO. The molecule has 93 heavy (non-hydrogen) atoms. The summed E-state index contributed by atoms with van der Waals surface area (Å²) in [6, 6.07) is 37.3. The number of piperidine rings is 1. The van der Waals surface area contributed by atoms with Crippen LogP contribution in [0.5, 0.6) is 11.5 Å². The van der Waals surface area contributed by atoms with Gasteiger partial charge in [0, 0.05) is 56.8 Å². The van der Waals surface area contributed by atoms with Crippen LogP contribution < -0.4 is 42.8 Å². The average molecular weight is 1260 g/mol. The number of guanidine groups is 1. The average Bonchev–Trinajstić information content (AvgIpc) is 1.38. The van der Waals surface area contributed by atoms with Gasteiger partial charge in [-0.2, -0.15) is 4.99 Å². The number of aliphatic hydroxyl groups is 2. The van der Waals surface area contributed by atoms with E-state index in [0.717, 1.165) is 113 Å². The number of aromatic hydroxyl groups is 1. The number of rotatable bonds is 15. The number of allylic oxidation sites excluding steroid dienone is 3. The summed E-state index contributed by atoms with van der Waals surface area (Å²) in [5.41, 5.74) is 22.0. The maximum Gasteiger partial charge on any atom is 0.202 e. The quantitative estimate of drug-likeness (QED) is 0.0304. The van der Waals surface area contributed by atoms with Crippen LogP contribution in [-0.2, 0) is 41.7 Å². The zero-order valence-corrected chi connectivity index (χ0v) is 55.0. The van der Waals surface area contributed by atoms with Gasteiger partial charge in [0.05, 0.1) is 32.4 Å². The molecule has 14 nitrogen and oxygen atoms in total. The van der Waals surface area contributed by atoms with Crippen LogP contribution in [0.3, 0.4) is 0 Å². The number of carbonyl (C=O) groups excluding carboxylic acids is 2. The highest BCUT2D eigenvalue weighted by atomic mass is 16.5. The summed E-state index contributed by atoms with van der Waals surface area (Å²) >= 11 is 0. The standard InChI is InChI=1S/C79H102N8O6/c1-51(89)46-85-74-45-78(44-70-67-27-31-82-47-62(67)35-58-19-11-29-83-76(58)70)42-56-23-25-73(78)79(74)28-26-59(43-79)60(24-22-53-14-7-4-8-15-53)48-87-77(81)84-30-10-18-57(33-55-17-9-16-54(32-55)21-20-52-12-5-3-6-13-52)69-41-75(80)86-49-63(69)36-61-38-71(92)72(93-2)40-68(61)64(50-88)37-66(91)39-65(90)34-56/h3-9,11-17,19,32,37-38,40-41,49,51,56-60,62,67,70,73-76,82-83,85-86,88-89,92H,18,20-29,31,33-36,39,42-48,50,80H2,1-2H3,(H3,81,84,87)/b64-37+/t51-,56+,57-,58-,59+,60+,62+,67-,70+,73+,74-,75?,76+,78-,79+/m0/s1. The summed E-state index contributed by atoms with van der Waals surface area (Å²) < 4.78 is 5.68. The fourth-order valence-corrected chi connectivity index (χ4v) is 19.4. The van der Waals surface area contributed by atoms with E-state index in [9.17, 15) is 24.9 Å². The Hall–Kier alpha value is -6.83. The second kappa shape index (κ2) is 30.3. The van der Waals surface area contributed by atoms with E-state index in [4.69, 9.17) is 21.2 Å². The predicted molar refractivity (Wildman–Crippen MR) is 370 cm³/mol. The number of ketones is 2. The van der Waals surface area contributed by atoms with E-state index in [1.807, 2.05) is 25.3 Å². The van der Waals surface area contributed by atoms with Crippen LogP contribution in [0.2, 0.25) is 0 Å². The van der Waals surface area contributed by atoms with Crippen molar-refractivity contribution in [3.8, 4) is 23.5 Å². The number of Topliss-reactive ketones (excluding diaryl/α,β-unsaturated/α-hetero) is 1. The normalized spacial score (nSPS) is 32.4. The van der Waals surface area contributed by atoms with Gasteiger partial charge in [0.1, 0.15) is 5.78 Å². The minimum Gasteiger partial charge on any atom is -0.504 e. The second-order valence-corrected chi connectivity index (χ2v) is 29.3. The monoisotopic (exact) mass is 1260 g/mol. The Kier molecular flexibility index (Phi) is 21.6. The number of aliphatic imine (C=N–C) groups is 1. The van der Waals surface area contributed by atoms with E-state index in [0.29, 0.717) is 109 Å². The lowest BCUT2D eigenvalue weighted by atomic mass is 9.52. The van der Waals surface area contributed by atoms with Gasteiger partial charge in [-0.15, -0.1) is 0 Å². The van der Waals surface area contributed by atoms with Gasteiger partial charge >= 0.3 is 0 Å². The number of nitrogens with one attached hydrogen (secondary N) is 5. The lowest BCUT2D eigenvalue weighted by molar-refractivity contribution is -0.126. The Bertz CT molecular complexity index is 3480. The van der Waals surface area contributed by atoms with Crippen molar-refractivity contribution in [1.29, 1.82) is 0 Å². The number of fused-ring (bicyclic) bond motifs is 13. The Morgan fingerprint density at radius 2 is 1.67 bits per heavy atom. The molecule has 12 N–H and O–H groups in total. The Morgan fingerprint density at radius 1 is 0.882 bits per heavy atom. The molecule has 13 rings (SSSR count). The lowest BCUT2D eigenvalue weighted by Gasteiger charge is -2.55. The predicted octanol–water partition coefficient (Wildman–Crippen LogP) is 9.81. The van der Waals surface area contributed by atoms with Gasteiger partial charge < -0.3 is 58.1 Å². The van der Waals surface area contributed by atoms with Crippen LogP contribution in [0.15, 0.2) is 144 Å². The lowest BCUT2D eigenvalue weighted by Crippen LogP contribution is -2.57. The van der Waals surface area contributed by atoms with Crippen LogP contribution in [0.25, 0.3) is 5.57 Å². The largest absolute Gasteiger partial charge is 0.504 e. The van der Waals surface area contributed by atoms with Crippen LogP contribution in [0.4, 0.5) is 0 Å². The van der Waals surface area contributed by atoms with Crippen LogP contribution >= 0.6 is 0 Å². The van der Waals surface area contributed by atoms with E-state index in [2.05, 4.69) is 130 Å². The molecule has 0 radical (unpaired) electrons. The van der Waals surface area contributed by atoms with Crippen molar-refractivity contribution in [2.24, 2.45) is 80.6 Å². The van der Waals surface area contributed by atoms with Gasteiger partial charge in [-0.3, -0.25) is 9.59 Å². The van der Waals surface area contributed by atoms with Crippen LogP contribution in [-0.4, -0.2) is 104 Å². The molecule has 1 unspecified atom stereocenters. The highest BCUT2D eigenvalue weighted by Crippen LogP contribution is 2.71. The molecule has 0 amide bonds. The molecular weight excluding hydrogens is 1160 g/mol. The highest BCUT2D eigenvalue weighted by Gasteiger charge is 2.66. The molecule has 5 heterocycles. The first kappa shape index (κ1) is 66.2. The molecule has 5 bridgehead atoms. The first-order valence-electron chi connectivity index (χ1n) is 35.2. The summed E-state index contributed by atoms with van der Waals surface area (Å²) in [6.45, 7) is 5.61. The molecule has 4 aromatic carbocycles. The van der Waals surface area contributed by atoms with Crippen molar-refractivity contribution in [2.45, 2.75) is 153 Å². The van der Waals surface area contributed by atoms with Crippen molar-refractivity contribution in [1.82, 2.24) is 26.6 Å². The van der Waals surface area contributed by atoms with Crippen molar-refractivity contribution < 1.29 is 29.6 Å². The molecule has 15 atom stereocenters. The zero-order chi connectivity index (χ0) is 64.5. The molecule has 4 saturated carbocycles. The number of aryl methyl sites for hydroxylation is 3. The number of methoxy groups -OCH3 is 1. The van der Waals surface area contributed by atoms with Gasteiger partial charge in [0.15, 0.2) is 17.3 Å². The molecule has 1 saturated heterocycles. The number of ether oxygens (including phenoxy) is 1. The van der Waals surface area contributed by atoms with E-state index in [1.54, 1.807) is 12.1 Å². The van der Waals surface area contributed by atoms with E-state index in [1.165, 1.54) is 42.7 Å². The second-order valence-electron chi connectivity index (χ2n) is 29.3.